The molecule has 1 unspecified atom stereocenters. The number of nitrogens with zero attached hydrogens (tertiary/aromatic N) is 1. The Morgan fingerprint density at radius 2 is 1.97 bits per heavy atom. The summed E-state index contributed by atoms with van der Waals surface area (Å²) in [6.45, 7) is 2.08. The van der Waals surface area contributed by atoms with Gasteiger partial charge in [0.05, 0.1) is 18.1 Å². The van der Waals surface area contributed by atoms with E-state index in [9.17, 15) is 14.4 Å². The lowest BCUT2D eigenvalue weighted by atomic mass is 10.0. The molecule has 0 bridgehead atoms. The van der Waals surface area contributed by atoms with Crippen LogP contribution in [0.3, 0.4) is 0 Å². The first-order chi connectivity index (χ1) is 15.4. The average Bonchev–Trinajstić information content (AvgIpc) is 3.34. The van der Waals surface area contributed by atoms with Gasteiger partial charge in [-0.25, -0.2) is 4.98 Å². The van der Waals surface area contributed by atoms with Gasteiger partial charge in [-0.2, -0.15) is 0 Å². The highest BCUT2D eigenvalue weighted by atomic mass is 32.2. The van der Waals surface area contributed by atoms with Crippen molar-refractivity contribution in [1.29, 1.82) is 0 Å². The molecule has 0 spiro atoms. The third-order valence-corrected chi connectivity index (χ3v) is 7.18. The van der Waals surface area contributed by atoms with Gasteiger partial charge in [0, 0.05) is 17.7 Å². The van der Waals surface area contributed by atoms with E-state index in [0.717, 1.165) is 33.5 Å². The van der Waals surface area contributed by atoms with Crippen LogP contribution in [0, 0.1) is 6.92 Å². The van der Waals surface area contributed by atoms with E-state index in [-0.39, 0.29) is 23.6 Å². The van der Waals surface area contributed by atoms with E-state index in [4.69, 9.17) is 4.74 Å². The number of hydrogen-bond acceptors (Lipinski definition) is 7. The summed E-state index contributed by atoms with van der Waals surface area (Å²) in [5.74, 6) is 0.158. The third-order valence-electron chi connectivity index (χ3n) is 5.00. The Kier molecular flexibility index (Phi) is 6.57. The zero-order valence-electron chi connectivity index (χ0n) is 17.5. The number of carbonyl (C=O) groups excluding carboxylic acids is 3. The molecule has 1 saturated heterocycles. The second-order valence-electron chi connectivity index (χ2n) is 7.22. The van der Waals surface area contributed by atoms with Crippen molar-refractivity contribution in [3.63, 3.8) is 0 Å². The molecule has 2 heterocycles. The van der Waals surface area contributed by atoms with Gasteiger partial charge in [0.15, 0.2) is 0 Å². The zero-order chi connectivity index (χ0) is 22.7. The quantitative estimate of drug-likeness (QED) is 0.546. The molecule has 3 amide bonds. The third kappa shape index (κ3) is 4.84. The average molecular weight is 468 g/mol. The Labute approximate surface area is 193 Å². The summed E-state index contributed by atoms with van der Waals surface area (Å²) in [5.41, 5.74) is 3.33. The van der Waals surface area contributed by atoms with E-state index in [1.54, 1.807) is 7.11 Å². The molecule has 2 N–H and O–H groups in total. The number of nitrogens with one attached hydrogen (secondary N) is 2. The van der Waals surface area contributed by atoms with Crippen LogP contribution in [0.4, 0.5) is 4.79 Å². The molecule has 2 aromatic carbocycles. The summed E-state index contributed by atoms with van der Waals surface area (Å²) in [6, 6.07) is 15.3. The molecule has 9 heteroatoms. The first-order valence-corrected chi connectivity index (χ1v) is 11.6. The number of ether oxygens (including phenoxy) is 1. The standard InChI is InChI=1S/C23H21N3O4S2/c1-13-19(32-22(25-13)15-6-4-3-5-7-15)21(28)24-12-16-10-14(8-9-17(16)30-2)11-18-20(27)26-23(29)31-18/h3-10,18H,11-12H2,1-2H3,(H,24,28)(H,26,27,29). The fourth-order valence-electron chi connectivity index (χ4n) is 3.41. The predicted octanol–water partition coefficient (Wildman–Crippen LogP) is 3.95. The minimum Gasteiger partial charge on any atom is -0.496 e. The summed E-state index contributed by atoms with van der Waals surface area (Å²) in [4.78, 5) is 41.2. The number of hydrogen-bond donors (Lipinski definition) is 2. The van der Waals surface area contributed by atoms with Crippen molar-refractivity contribution in [3.05, 3.63) is 70.2 Å². The van der Waals surface area contributed by atoms with Crippen molar-refractivity contribution in [3.8, 4) is 16.3 Å². The Bertz CT molecular complexity index is 1180. The lowest BCUT2D eigenvalue weighted by Gasteiger charge is -2.13. The molecule has 164 valence electrons. The molecule has 0 saturated carbocycles. The van der Waals surface area contributed by atoms with Crippen molar-refractivity contribution in [2.75, 3.05) is 7.11 Å². The highest BCUT2D eigenvalue weighted by molar-refractivity contribution is 8.15. The SMILES string of the molecule is COc1ccc(CC2SC(=O)NC2=O)cc1CNC(=O)c1sc(-c2ccccc2)nc1C. The van der Waals surface area contributed by atoms with Gasteiger partial charge in [-0.1, -0.05) is 54.2 Å². The number of methoxy groups -OCH3 is 1. The van der Waals surface area contributed by atoms with Gasteiger partial charge in [0.25, 0.3) is 11.1 Å². The molecule has 32 heavy (non-hydrogen) atoms. The summed E-state index contributed by atoms with van der Waals surface area (Å²) in [6.07, 6.45) is 0.418. The maximum atomic E-state index is 12.9. The molecular formula is C23H21N3O4S2. The number of thioether (sulfide) groups is 1. The molecule has 1 atom stereocenters. The Morgan fingerprint density at radius 1 is 1.19 bits per heavy atom. The largest absolute Gasteiger partial charge is 0.496 e. The van der Waals surface area contributed by atoms with E-state index in [2.05, 4.69) is 15.6 Å². The number of rotatable bonds is 7. The van der Waals surface area contributed by atoms with Crippen LogP contribution in [-0.4, -0.2) is 34.4 Å². The van der Waals surface area contributed by atoms with Gasteiger partial charge in [-0.3, -0.25) is 19.7 Å². The molecule has 3 aromatic rings. The molecule has 1 fully saturated rings. The maximum Gasteiger partial charge on any atom is 0.286 e. The van der Waals surface area contributed by atoms with Crippen molar-refractivity contribution < 1.29 is 19.1 Å². The van der Waals surface area contributed by atoms with E-state index in [0.29, 0.717) is 22.7 Å². The zero-order valence-corrected chi connectivity index (χ0v) is 19.1. The number of carbonyl (C=O) groups is 3. The van der Waals surface area contributed by atoms with Crippen molar-refractivity contribution in [1.82, 2.24) is 15.6 Å². The normalized spacial score (nSPS) is 15.5. The summed E-state index contributed by atoms with van der Waals surface area (Å²) in [5, 5.41) is 5.27. The smallest absolute Gasteiger partial charge is 0.286 e. The van der Waals surface area contributed by atoms with E-state index in [1.807, 2.05) is 55.5 Å². The highest BCUT2D eigenvalue weighted by Gasteiger charge is 2.31. The Morgan fingerprint density at radius 3 is 2.66 bits per heavy atom. The van der Waals surface area contributed by atoms with E-state index in [1.165, 1.54) is 11.3 Å². The number of aryl methyl sites for hydroxylation is 1. The molecule has 0 radical (unpaired) electrons. The second-order valence-corrected chi connectivity index (χ2v) is 9.39. The number of aromatic nitrogens is 1. The van der Waals surface area contributed by atoms with Gasteiger partial charge >= 0.3 is 0 Å². The van der Waals surface area contributed by atoms with Crippen LogP contribution in [0.5, 0.6) is 5.75 Å². The van der Waals surface area contributed by atoms with Crippen LogP contribution in [0.1, 0.15) is 26.5 Å². The monoisotopic (exact) mass is 467 g/mol. The minimum absolute atomic E-state index is 0.203. The highest BCUT2D eigenvalue weighted by Crippen LogP contribution is 2.29. The van der Waals surface area contributed by atoms with Crippen LogP contribution in [0.2, 0.25) is 0 Å². The van der Waals surface area contributed by atoms with Gasteiger partial charge < -0.3 is 10.1 Å². The molecule has 1 aliphatic rings. The number of imide groups is 1. The Balaban J connectivity index is 1.47. The van der Waals surface area contributed by atoms with Crippen LogP contribution in [0.15, 0.2) is 48.5 Å². The number of benzene rings is 2. The van der Waals surface area contributed by atoms with Gasteiger partial charge in [0.2, 0.25) is 5.91 Å². The number of thiazole rings is 1. The minimum atomic E-state index is -0.449. The first kappa shape index (κ1) is 22.0. The van der Waals surface area contributed by atoms with Crippen LogP contribution in [-0.2, 0) is 17.8 Å². The van der Waals surface area contributed by atoms with E-state index >= 15 is 0 Å². The van der Waals surface area contributed by atoms with E-state index < -0.39 is 5.25 Å². The fourth-order valence-corrected chi connectivity index (χ4v) is 5.25. The number of amides is 3. The summed E-state index contributed by atoms with van der Waals surface area (Å²) >= 11 is 2.35. The second kappa shape index (κ2) is 9.54. The van der Waals surface area contributed by atoms with Gasteiger partial charge in [0.1, 0.15) is 15.6 Å². The van der Waals surface area contributed by atoms with Crippen molar-refractivity contribution in [2.45, 2.75) is 25.1 Å². The fraction of sp³-hybridized carbons (Fsp3) is 0.217. The Hall–Kier alpha value is -3.17. The summed E-state index contributed by atoms with van der Waals surface area (Å²) in [7, 11) is 1.57. The van der Waals surface area contributed by atoms with Crippen LogP contribution < -0.4 is 15.4 Å². The summed E-state index contributed by atoms with van der Waals surface area (Å²) < 4.78 is 5.43. The lowest BCUT2D eigenvalue weighted by molar-refractivity contribution is -0.118. The topological polar surface area (TPSA) is 97.4 Å². The molecular weight excluding hydrogens is 446 g/mol. The van der Waals surface area contributed by atoms with Crippen molar-refractivity contribution >= 4 is 40.2 Å². The molecule has 7 nitrogen and oxygen atoms in total. The first-order valence-electron chi connectivity index (χ1n) is 9.93. The van der Waals surface area contributed by atoms with Crippen molar-refractivity contribution in [2.24, 2.45) is 0 Å². The predicted molar refractivity (Wildman–Crippen MR) is 125 cm³/mol. The maximum absolute atomic E-state index is 12.9. The van der Waals surface area contributed by atoms with Crippen LogP contribution >= 0.6 is 23.1 Å². The molecule has 1 aliphatic heterocycles. The molecule has 4 rings (SSSR count). The molecule has 1 aromatic heterocycles. The molecule has 0 aliphatic carbocycles. The van der Waals surface area contributed by atoms with Gasteiger partial charge in [-0.15, -0.1) is 11.3 Å². The lowest BCUT2D eigenvalue weighted by Crippen LogP contribution is -2.25. The van der Waals surface area contributed by atoms with Crippen LogP contribution in [0.25, 0.3) is 10.6 Å². The van der Waals surface area contributed by atoms with Gasteiger partial charge in [-0.05, 0) is 25.0 Å².